The lowest BCUT2D eigenvalue weighted by molar-refractivity contribution is -0.131. The molecule has 142 valence electrons. The Morgan fingerprint density at radius 3 is 2.54 bits per heavy atom. The van der Waals surface area contributed by atoms with E-state index >= 15 is 0 Å². The van der Waals surface area contributed by atoms with Crippen molar-refractivity contribution in [3.8, 4) is 0 Å². The number of aromatic nitrogens is 1. The van der Waals surface area contributed by atoms with Crippen molar-refractivity contribution in [1.82, 2.24) is 9.88 Å². The van der Waals surface area contributed by atoms with Crippen LogP contribution < -0.4 is 5.14 Å². The molecule has 0 saturated carbocycles. The molecule has 0 radical (unpaired) electrons. The molecule has 1 atom stereocenters. The first-order valence-electron chi connectivity index (χ1n) is 8.23. The molecule has 1 amide bonds. The monoisotopic (exact) mass is 395 g/mol. The molecule has 0 spiro atoms. The normalized spacial score (nSPS) is 13.5. The van der Waals surface area contributed by atoms with E-state index in [4.69, 9.17) is 5.14 Å². The van der Waals surface area contributed by atoms with Crippen molar-refractivity contribution in [2.45, 2.75) is 50.5 Å². The Labute approximate surface area is 159 Å². The Bertz CT molecular complexity index is 898. The smallest absolute Gasteiger partial charge is 0.238 e. The van der Waals surface area contributed by atoms with Gasteiger partial charge in [0.25, 0.3) is 0 Å². The third kappa shape index (κ3) is 4.90. The van der Waals surface area contributed by atoms with E-state index in [0.29, 0.717) is 5.56 Å². The topological polar surface area (TPSA) is 93.4 Å². The highest BCUT2D eigenvalue weighted by Gasteiger charge is 2.22. The van der Waals surface area contributed by atoms with E-state index in [1.807, 2.05) is 12.3 Å². The summed E-state index contributed by atoms with van der Waals surface area (Å²) in [6, 6.07) is 6.06. The molecule has 0 fully saturated rings. The Balaban J connectivity index is 2.14. The van der Waals surface area contributed by atoms with E-state index in [0.717, 1.165) is 10.7 Å². The summed E-state index contributed by atoms with van der Waals surface area (Å²) in [4.78, 5) is 18.8. The standard InChI is InChI=1S/C18H25N3O3S2/c1-12(13-7-6-8-15(9-13)26(19,23)24)21(5)16(22)10-14-11-25-17(20-14)18(2,3)4/h6-9,11-12H,10H2,1-5H3,(H2,19,23,24). The van der Waals surface area contributed by atoms with Crippen molar-refractivity contribution < 1.29 is 13.2 Å². The molecular weight excluding hydrogens is 370 g/mol. The first kappa shape index (κ1) is 20.5. The van der Waals surface area contributed by atoms with E-state index in [2.05, 4.69) is 25.8 Å². The van der Waals surface area contributed by atoms with Crippen LogP contribution in [0.1, 0.15) is 50.0 Å². The molecule has 1 heterocycles. The predicted octanol–water partition coefficient (Wildman–Crippen LogP) is 2.85. The second-order valence-corrected chi connectivity index (χ2v) is 9.79. The van der Waals surface area contributed by atoms with Gasteiger partial charge in [-0.1, -0.05) is 32.9 Å². The van der Waals surface area contributed by atoms with Crippen LogP contribution in [0.4, 0.5) is 0 Å². The van der Waals surface area contributed by atoms with E-state index in [1.165, 1.54) is 12.1 Å². The Kier molecular flexibility index (Phi) is 5.89. The van der Waals surface area contributed by atoms with E-state index in [1.54, 1.807) is 35.4 Å². The zero-order valence-electron chi connectivity index (χ0n) is 15.7. The van der Waals surface area contributed by atoms with Crippen LogP contribution in [0.15, 0.2) is 34.5 Å². The average molecular weight is 396 g/mol. The minimum absolute atomic E-state index is 0.0389. The number of nitrogens with zero attached hydrogens (tertiary/aromatic N) is 2. The molecule has 2 rings (SSSR count). The maximum atomic E-state index is 12.6. The van der Waals surface area contributed by atoms with Gasteiger partial charge in [-0.2, -0.15) is 0 Å². The number of primary sulfonamides is 1. The maximum absolute atomic E-state index is 12.6. The summed E-state index contributed by atoms with van der Waals surface area (Å²) in [5.74, 6) is -0.0794. The summed E-state index contributed by atoms with van der Waals surface area (Å²) in [6.07, 6.45) is 0.211. The zero-order valence-corrected chi connectivity index (χ0v) is 17.3. The highest BCUT2D eigenvalue weighted by molar-refractivity contribution is 7.89. The van der Waals surface area contributed by atoms with Crippen LogP contribution in [0, 0.1) is 0 Å². The molecule has 8 heteroatoms. The van der Waals surface area contributed by atoms with E-state index in [-0.39, 0.29) is 28.7 Å². The Morgan fingerprint density at radius 1 is 1.35 bits per heavy atom. The van der Waals surface area contributed by atoms with Gasteiger partial charge < -0.3 is 4.90 Å². The van der Waals surface area contributed by atoms with Gasteiger partial charge >= 0.3 is 0 Å². The van der Waals surface area contributed by atoms with Crippen LogP contribution in [0.3, 0.4) is 0 Å². The molecule has 1 unspecified atom stereocenters. The molecule has 2 N–H and O–H groups in total. The molecular formula is C18H25N3O3S2. The molecule has 1 aromatic heterocycles. The van der Waals surface area contributed by atoms with Gasteiger partial charge in [0.15, 0.2) is 0 Å². The fourth-order valence-corrected chi connectivity index (χ4v) is 3.88. The van der Waals surface area contributed by atoms with Crippen LogP contribution in [0.25, 0.3) is 0 Å². The highest BCUT2D eigenvalue weighted by Crippen LogP contribution is 2.26. The minimum atomic E-state index is -3.78. The predicted molar refractivity (Wildman–Crippen MR) is 104 cm³/mol. The van der Waals surface area contributed by atoms with Crippen LogP contribution in [0.5, 0.6) is 0 Å². The van der Waals surface area contributed by atoms with Gasteiger partial charge in [0.05, 0.1) is 28.1 Å². The van der Waals surface area contributed by atoms with Crippen molar-refractivity contribution in [1.29, 1.82) is 0 Å². The number of hydrogen-bond donors (Lipinski definition) is 1. The Morgan fingerprint density at radius 2 is 2.00 bits per heavy atom. The zero-order chi connectivity index (χ0) is 19.7. The molecule has 1 aromatic carbocycles. The molecule has 0 saturated heterocycles. The lowest BCUT2D eigenvalue weighted by atomic mass is 9.98. The minimum Gasteiger partial charge on any atom is -0.339 e. The molecule has 0 aliphatic heterocycles. The van der Waals surface area contributed by atoms with Gasteiger partial charge in [-0.05, 0) is 24.6 Å². The molecule has 0 bridgehead atoms. The number of nitrogens with two attached hydrogens (primary N) is 1. The molecule has 6 nitrogen and oxygen atoms in total. The van der Waals surface area contributed by atoms with Crippen molar-refractivity contribution in [3.05, 3.63) is 45.9 Å². The largest absolute Gasteiger partial charge is 0.339 e. The molecule has 26 heavy (non-hydrogen) atoms. The van der Waals surface area contributed by atoms with Gasteiger partial charge in [0.1, 0.15) is 0 Å². The number of rotatable bonds is 5. The maximum Gasteiger partial charge on any atom is 0.238 e. The molecule has 0 aliphatic rings. The number of hydrogen-bond acceptors (Lipinski definition) is 5. The van der Waals surface area contributed by atoms with Gasteiger partial charge in [0, 0.05) is 17.8 Å². The number of carbonyl (C=O) groups excluding carboxylic acids is 1. The quantitative estimate of drug-likeness (QED) is 0.842. The number of carbonyl (C=O) groups is 1. The Hall–Kier alpha value is -1.77. The van der Waals surface area contributed by atoms with Crippen LogP contribution in [-0.2, 0) is 26.7 Å². The van der Waals surface area contributed by atoms with Crippen molar-refractivity contribution >= 4 is 27.3 Å². The number of sulfonamides is 1. The summed E-state index contributed by atoms with van der Waals surface area (Å²) >= 11 is 1.56. The number of benzene rings is 1. The summed E-state index contributed by atoms with van der Waals surface area (Å²) in [6.45, 7) is 8.11. The van der Waals surface area contributed by atoms with Crippen LogP contribution in [-0.4, -0.2) is 31.3 Å². The van der Waals surface area contributed by atoms with Crippen LogP contribution in [0.2, 0.25) is 0 Å². The van der Waals surface area contributed by atoms with Crippen molar-refractivity contribution in [2.24, 2.45) is 5.14 Å². The summed E-state index contributed by atoms with van der Waals surface area (Å²) in [7, 11) is -2.07. The third-order valence-corrected chi connectivity index (χ3v) is 6.40. The van der Waals surface area contributed by atoms with Crippen LogP contribution >= 0.6 is 11.3 Å². The summed E-state index contributed by atoms with van der Waals surface area (Å²) in [5, 5.41) is 8.10. The van der Waals surface area contributed by atoms with Gasteiger partial charge in [-0.15, -0.1) is 11.3 Å². The van der Waals surface area contributed by atoms with Crippen molar-refractivity contribution in [2.75, 3.05) is 7.05 Å². The first-order valence-corrected chi connectivity index (χ1v) is 10.7. The lowest BCUT2D eigenvalue weighted by Crippen LogP contribution is -2.31. The highest BCUT2D eigenvalue weighted by atomic mass is 32.2. The number of likely N-dealkylation sites (N-methyl/N-ethyl adjacent to an activating group) is 1. The fourth-order valence-electron chi connectivity index (χ4n) is 2.40. The van der Waals surface area contributed by atoms with Gasteiger partial charge in [-0.25, -0.2) is 18.5 Å². The van der Waals surface area contributed by atoms with Gasteiger partial charge in [-0.3, -0.25) is 4.79 Å². The second-order valence-electron chi connectivity index (χ2n) is 7.37. The van der Waals surface area contributed by atoms with Gasteiger partial charge in [0.2, 0.25) is 15.9 Å². The van der Waals surface area contributed by atoms with E-state index < -0.39 is 10.0 Å². The summed E-state index contributed by atoms with van der Waals surface area (Å²) in [5.41, 5.74) is 1.42. The second kappa shape index (κ2) is 7.46. The first-order chi connectivity index (χ1) is 11.9. The lowest BCUT2D eigenvalue weighted by Gasteiger charge is -2.25. The molecule has 0 aliphatic carbocycles. The average Bonchev–Trinajstić information content (AvgIpc) is 3.01. The van der Waals surface area contributed by atoms with Crippen molar-refractivity contribution in [3.63, 3.8) is 0 Å². The summed E-state index contributed by atoms with van der Waals surface area (Å²) < 4.78 is 23.1. The molecule has 2 aromatic rings. The SMILES string of the molecule is CC(c1cccc(S(N)(=O)=O)c1)N(C)C(=O)Cc1csc(C(C)(C)C)n1. The number of thiazole rings is 1. The number of amides is 1. The third-order valence-electron chi connectivity index (χ3n) is 4.17. The van der Waals surface area contributed by atoms with E-state index in [9.17, 15) is 13.2 Å². The fraction of sp³-hybridized carbons (Fsp3) is 0.444.